The lowest BCUT2D eigenvalue weighted by atomic mass is 10.2. The molecule has 0 saturated heterocycles. The molecular weight excluding hydrogens is 220 g/mol. The molecule has 0 spiro atoms. The van der Waals surface area contributed by atoms with Gasteiger partial charge in [0.05, 0.1) is 16.3 Å². The molecule has 0 bridgehead atoms. The van der Waals surface area contributed by atoms with Crippen molar-refractivity contribution in [1.82, 2.24) is 0 Å². The van der Waals surface area contributed by atoms with Crippen molar-refractivity contribution in [3.63, 3.8) is 0 Å². The summed E-state index contributed by atoms with van der Waals surface area (Å²) in [6.45, 7) is -0.457. The highest BCUT2D eigenvalue weighted by molar-refractivity contribution is 6.33. The molecule has 0 atom stereocenters. The van der Waals surface area contributed by atoms with E-state index in [2.05, 4.69) is 4.74 Å². The van der Waals surface area contributed by atoms with Gasteiger partial charge >= 0.3 is 5.97 Å². The predicted octanol–water partition coefficient (Wildman–Crippen LogP) is 0.564. The molecule has 0 radical (unpaired) electrons. The number of ether oxygens (including phenoxy) is 1. The van der Waals surface area contributed by atoms with E-state index in [4.69, 9.17) is 23.1 Å². The second kappa shape index (κ2) is 4.65. The quantitative estimate of drug-likeness (QED) is 0.584. The molecule has 0 aliphatic heterocycles. The Kier molecular flexibility index (Phi) is 3.51. The lowest BCUT2D eigenvalue weighted by Gasteiger charge is -2.03. The Bertz CT molecular complexity index is 406. The molecule has 0 aromatic heterocycles. The molecule has 0 aliphatic carbocycles. The van der Waals surface area contributed by atoms with Gasteiger partial charge in [-0.05, 0) is 18.2 Å². The summed E-state index contributed by atoms with van der Waals surface area (Å²) in [6.07, 6.45) is 0. The lowest BCUT2D eigenvalue weighted by molar-refractivity contribution is -0.121. The summed E-state index contributed by atoms with van der Waals surface area (Å²) in [5, 5.41) is 0.349. The fourth-order valence-electron chi connectivity index (χ4n) is 0.891. The van der Waals surface area contributed by atoms with Gasteiger partial charge in [-0.25, -0.2) is 4.79 Å². The second-order valence-corrected chi connectivity index (χ2v) is 3.19. The number of nitrogens with two attached hydrogens (primary N) is 2. The molecule has 1 rings (SSSR count). The van der Waals surface area contributed by atoms with E-state index in [-0.39, 0.29) is 11.3 Å². The molecule has 15 heavy (non-hydrogen) atoms. The molecule has 0 unspecified atom stereocenters. The van der Waals surface area contributed by atoms with Gasteiger partial charge in [0.1, 0.15) is 0 Å². The standard InChI is InChI=1S/C9H9ClN2O3/c10-6-2-1-5(3-7(6)11)9(14)15-4-8(12)13/h1-3H,4,11H2,(H2,12,13). The van der Waals surface area contributed by atoms with Gasteiger partial charge in [0.15, 0.2) is 6.61 Å². The highest BCUT2D eigenvalue weighted by atomic mass is 35.5. The van der Waals surface area contributed by atoms with Crippen molar-refractivity contribution in [2.75, 3.05) is 12.3 Å². The largest absolute Gasteiger partial charge is 0.452 e. The van der Waals surface area contributed by atoms with E-state index >= 15 is 0 Å². The summed E-state index contributed by atoms with van der Waals surface area (Å²) in [7, 11) is 0. The first-order valence-electron chi connectivity index (χ1n) is 4.01. The number of nitrogen functional groups attached to an aromatic ring is 1. The first-order valence-corrected chi connectivity index (χ1v) is 4.39. The summed E-state index contributed by atoms with van der Waals surface area (Å²) in [4.78, 5) is 21.6. The number of primary amides is 1. The number of hydrogen-bond donors (Lipinski definition) is 2. The van der Waals surface area contributed by atoms with Crippen LogP contribution < -0.4 is 11.5 Å². The van der Waals surface area contributed by atoms with Crippen LogP contribution in [0, 0.1) is 0 Å². The molecule has 4 N–H and O–H groups in total. The fraction of sp³-hybridized carbons (Fsp3) is 0.111. The van der Waals surface area contributed by atoms with E-state index in [0.29, 0.717) is 5.02 Å². The third kappa shape index (κ3) is 3.14. The number of esters is 1. The summed E-state index contributed by atoms with van der Waals surface area (Å²) in [6, 6.07) is 4.28. The molecule has 0 heterocycles. The monoisotopic (exact) mass is 228 g/mol. The lowest BCUT2D eigenvalue weighted by Crippen LogP contribution is -2.20. The predicted molar refractivity (Wildman–Crippen MR) is 55.3 cm³/mol. The SMILES string of the molecule is NC(=O)COC(=O)c1ccc(Cl)c(N)c1. The minimum atomic E-state index is -0.717. The number of carbonyl (C=O) groups excluding carboxylic acids is 2. The first kappa shape index (κ1) is 11.3. The average Bonchev–Trinajstić information content (AvgIpc) is 2.18. The number of halogens is 1. The molecule has 80 valence electrons. The zero-order valence-electron chi connectivity index (χ0n) is 7.70. The van der Waals surface area contributed by atoms with Crippen LogP contribution >= 0.6 is 11.6 Å². The van der Waals surface area contributed by atoms with E-state index in [9.17, 15) is 9.59 Å². The Labute approximate surface area is 90.9 Å². The van der Waals surface area contributed by atoms with Crippen molar-refractivity contribution >= 4 is 29.2 Å². The topological polar surface area (TPSA) is 95.4 Å². The van der Waals surface area contributed by atoms with Crippen molar-refractivity contribution in [3.05, 3.63) is 28.8 Å². The number of rotatable bonds is 3. The van der Waals surface area contributed by atoms with Gasteiger partial charge in [0.25, 0.3) is 5.91 Å². The minimum absolute atomic E-state index is 0.221. The summed E-state index contributed by atoms with van der Waals surface area (Å²) >= 11 is 5.66. The van der Waals surface area contributed by atoms with Crippen LogP contribution in [0.3, 0.4) is 0 Å². The van der Waals surface area contributed by atoms with Crippen LogP contribution in [-0.4, -0.2) is 18.5 Å². The van der Waals surface area contributed by atoms with Crippen molar-refractivity contribution in [3.8, 4) is 0 Å². The average molecular weight is 229 g/mol. The Balaban J connectivity index is 2.74. The molecule has 5 nitrogen and oxygen atoms in total. The van der Waals surface area contributed by atoms with Crippen LogP contribution in [0.15, 0.2) is 18.2 Å². The number of benzene rings is 1. The van der Waals surface area contributed by atoms with Crippen molar-refractivity contribution in [1.29, 1.82) is 0 Å². The van der Waals surface area contributed by atoms with Crippen LogP contribution in [-0.2, 0) is 9.53 Å². The van der Waals surface area contributed by atoms with E-state index in [1.807, 2.05) is 0 Å². The molecule has 1 aromatic rings. The molecule has 0 saturated carbocycles. The second-order valence-electron chi connectivity index (χ2n) is 2.78. The molecule has 0 fully saturated rings. The number of anilines is 1. The third-order valence-electron chi connectivity index (χ3n) is 1.58. The van der Waals surface area contributed by atoms with Crippen molar-refractivity contribution < 1.29 is 14.3 Å². The maximum absolute atomic E-state index is 11.3. The first-order chi connectivity index (χ1) is 7.00. The van der Waals surface area contributed by atoms with Crippen LogP contribution in [0.4, 0.5) is 5.69 Å². The fourth-order valence-corrected chi connectivity index (χ4v) is 1.01. The van der Waals surface area contributed by atoms with E-state index in [0.717, 1.165) is 0 Å². The van der Waals surface area contributed by atoms with Crippen LogP contribution in [0.5, 0.6) is 0 Å². The van der Waals surface area contributed by atoms with Gasteiger partial charge in [-0.3, -0.25) is 4.79 Å². The van der Waals surface area contributed by atoms with Gasteiger partial charge < -0.3 is 16.2 Å². The Morgan fingerprint density at radius 2 is 2.07 bits per heavy atom. The zero-order valence-corrected chi connectivity index (χ0v) is 8.45. The Morgan fingerprint density at radius 1 is 1.40 bits per heavy atom. The van der Waals surface area contributed by atoms with Gasteiger partial charge in [-0.15, -0.1) is 0 Å². The van der Waals surface area contributed by atoms with E-state index in [1.165, 1.54) is 18.2 Å². The molecular formula is C9H9ClN2O3. The van der Waals surface area contributed by atoms with Crippen LogP contribution in [0.2, 0.25) is 5.02 Å². The summed E-state index contributed by atoms with van der Waals surface area (Å²) < 4.78 is 4.57. The zero-order chi connectivity index (χ0) is 11.4. The maximum atomic E-state index is 11.3. The summed E-state index contributed by atoms with van der Waals surface area (Å²) in [5.74, 6) is -1.39. The third-order valence-corrected chi connectivity index (χ3v) is 1.92. The van der Waals surface area contributed by atoms with Crippen molar-refractivity contribution in [2.24, 2.45) is 5.73 Å². The summed E-state index contributed by atoms with van der Waals surface area (Å²) in [5.41, 5.74) is 10.8. The Morgan fingerprint density at radius 3 is 2.60 bits per heavy atom. The van der Waals surface area contributed by atoms with Gasteiger partial charge in [-0.1, -0.05) is 11.6 Å². The van der Waals surface area contributed by atoms with Gasteiger partial charge in [0, 0.05) is 0 Å². The molecule has 6 heteroatoms. The number of amides is 1. The van der Waals surface area contributed by atoms with Crippen LogP contribution in [0.1, 0.15) is 10.4 Å². The van der Waals surface area contributed by atoms with Crippen molar-refractivity contribution in [2.45, 2.75) is 0 Å². The van der Waals surface area contributed by atoms with Gasteiger partial charge in [-0.2, -0.15) is 0 Å². The molecule has 1 aromatic carbocycles. The minimum Gasteiger partial charge on any atom is -0.452 e. The molecule has 0 aliphatic rings. The van der Waals surface area contributed by atoms with E-state index in [1.54, 1.807) is 0 Å². The normalized spacial score (nSPS) is 9.67. The maximum Gasteiger partial charge on any atom is 0.338 e. The van der Waals surface area contributed by atoms with E-state index < -0.39 is 18.5 Å². The highest BCUT2D eigenvalue weighted by Gasteiger charge is 2.09. The number of carbonyl (C=O) groups is 2. The molecule has 1 amide bonds. The van der Waals surface area contributed by atoms with Gasteiger partial charge in [0.2, 0.25) is 0 Å². The van der Waals surface area contributed by atoms with Crippen LogP contribution in [0.25, 0.3) is 0 Å². The highest BCUT2D eigenvalue weighted by Crippen LogP contribution is 2.19. The Hall–Kier alpha value is -1.75. The smallest absolute Gasteiger partial charge is 0.338 e. The number of hydrogen-bond acceptors (Lipinski definition) is 4.